The zero-order valence-corrected chi connectivity index (χ0v) is 10.00. The predicted molar refractivity (Wildman–Crippen MR) is 62.3 cm³/mol. The molecule has 1 heterocycles. The molecule has 0 radical (unpaired) electrons. The van der Waals surface area contributed by atoms with Crippen molar-refractivity contribution < 1.29 is 0 Å². The van der Waals surface area contributed by atoms with Gasteiger partial charge in [-0.05, 0) is 45.1 Å². The van der Waals surface area contributed by atoms with E-state index < -0.39 is 0 Å². The monoisotopic (exact) mass is 198 g/mol. The van der Waals surface area contributed by atoms with Crippen LogP contribution in [0, 0.1) is 5.92 Å². The van der Waals surface area contributed by atoms with Crippen molar-refractivity contribution >= 4 is 0 Å². The molecule has 0 saturated carbocycles. The Bertz CT molecular complexity index is 152. The van der Waals surface area contributed by atoms with Gasteiger partial charge in [0.05, 0.1) is 0 Å². The standard InChI is InChI=1S/C12H26N2/c1-4-12(5-2)14-8-6-7-11(9-14)10(3)13/h10-12H,4-9,13H2,1-3H3. The van der Waals surface area contributed by atoms with Crippen LogP contribution in [0.4, 0.5) is 0 Å². The van der Waals surface area contributed by atoms with Crippen molar-refractivity contribution in [2.75, 3.05) is 13.1 Å². The Morgan fingerprint density at radius 1 is 1.36 bits per heavy atom. The molecule has 0 aromatic carbocycles. The number of piperidine rings is 1. The van der Waals surface area contributed by atoms with Crippen LogP contribution in [0.1, 0.15) is 46.5 Å². The molecule has 2 N–H and O–H groups in total. The van der Waals surface area contributed by atoms with E-state index in [9.17, 15) is 0 Å². The summed E-state index contributed by atoms with van der Waals surface area (Å²) in [6, 6.07) is 1.16. The van der Waals surface area contributed by atoms with Crippen LogP contribution in [0.15, 0.2) is 0 Å². The molecule has 14 heavy (non-hydrogen) atoms. The number of nitrogens with two attached hydrogens (primary N) is 1. The van der Waals surface area contributed by atoms with Gasteiger partial charge in [0.1, 0.15) is 0 Å². The Morgan fingerprint density at radius 3 is 2.50 bits per heavy atom. The van der Waals surface area contributed by atoms with Crippen LogP contribution < -0.4 is 5.73 Å². The van der Waals surface area contributed by atoms with E-state index in [1.807, 2.05) is 0 Å². The number of likely N-dealkylation sites (tertiary alicyclic amines) is 1. The molecule has 0 aromatic rings. The molecule has 0 spiro atoms. The van der Waals surface area contributed by atoms with Gasteiger partial charge in [-0.25, -0.2) is 0 Å². The van der Waals surface area contributed by atoms with E-state index in [4.69, 9.17) is 5.73 Å². The third-order valence-corrected chi connectivity index (χ3v) is 3.69. The summed E-state index contributed by atoms with van der Waals surface area (Å²) in [6.45, 7) is 9.26. The molecule has 0 bridgehead atoms. The average molecular weight is 198 g/mol. The van der Waals surface area contributed by atoms with E-state index in [1.165, 1.54) is 38.8 Å². The molecule has 1 saturated heterocycles. The molecular weight excluding hydrogens is 172 g/mol. The fourth-order valence-corrected chi connectivity index (χ4v) is 2.61. The van der Waals surface area contributed by atoms with Crippen molar-refractivity contribution in [2.24, 2.45) is 11.7 Å². The van der Waals surface area contributed by atoms with Gasteiger partial charge in [0.25, 0.3) is 0 Å². The lowest BCUT2D eigenvalue weighted by Gasteiger charge is -2.39. The molecule has 2 atom stereocenters. The van der Waals surface area contributed by atoms with Crippen LogP contribution in [-0.4, -0.2) is 30.1 Å². The third-order valence-electron chi connectivity index (χ3n) is 3.69. The fourth-order valence-electron chi connectivity index (χ4n) is 2.61. The lowest BCUT2D eigenvalue weighted by Crippen LogP contribution is -2.46. The van der Waals surface area contributed by atoms with Crippen molar-refractivity contribution in [3.05, 3.63) is 0 Å². The molecule has 84 valence electrons. The first-order chi connectivity index (χ1) is 6.69. The Hall–Kier alpha value is -0.0800. The number of hydrogen-bond acceptors (Lipinski definition) is 2. The van der Waals surface area contributed by atoms with Crippen molar-refractivity contribution in [2.45, 2.75) is 58.5 Å². The van der Waals surface area contributed by atoms with Gasteiger partial charge >= 0.3 is 0 Å². The lowest BCUT2D eigenvalue weighted by molar-refractivity contribution is 0.108. The molecule has 1 aliphatic rings. The van der Waals surface area contributed by atoms with Crippen LogP contribution in [0.3, 0.4) is 0 Å². The molecule has 2 unspecified atom stereocenters. The van der Waals surface area contributed by atoms with Gasteiger partial charge in [-0.15, -0.1) is 0 Å². The van der Waals surface area contributed by atoms with Crippen LogP contribution in [0.2, 0.25) is 0 Å². The van der Waals surface area contributed by atoms with Crippen molar-refractivity contribution in [3.8, 4) is 0 Å². The van der Waals surface area contributed by atoms with Gasteiger partial charge in [0, 0.05) is 18.6 Å². The summed E-state index contributed by atoms with van der Waals surface area (Å²) in [4.78, 5) is 2.65. The Balaban J connectivity index is 2.46. The molecule has 1 fully saturated rings. The van der Waals surface area contributed by atoms with E-state index in [0.29, 0.717) is 6.04 Å². The maximum absolute atomic E-state index is 5.99. The maximum Gasteiger partial charge on any atom is 0.00901 e. The normalized spacial score (nSPS) is 26.8. The smallest absolute Gasteiger partial charge is 0.00901 e. The van der Waals surface area contributed by atoms with Crippen molar-refractivity contribution in [3.63, 3.8) is 0 Å². The second-order valence-corrected chi connectivity index (χ2v) is 4.73. The van der Waals surface area contributed by atoms with Gasteiger partial charge < -0.3 is 10.6 Å². The highest BCUT2D eigenvalue weighted by Gasteiger charge is 2.25. The summed E-state index contributed by atoms with van der Waals surface area (Å²) >= 11 is 0. The highest BCUT2D eigenvalue weighted by atomic mass is 15.2. The van der Waals surface area contributed by atoms with Gasteiger partial charge in [0.15, 0.2) is 0 Å². The zero-order valence-electron chi connectivity index (χ0n) is 10.00. The van der Waals surface area contributed by atoms with Crippen LogP contribution in [0.25, 0.3) is 0 Å². The third kappa shape index (κ3) is 2.96. The minimum Gasteiger partial charge on any atom is -0.328 e. The van der Waals surface area contributed by atoms with Crippen LogP contribution >= 0.6 is 0 Å². The summed E-state index contributed by atoms with van der Waals surface area (Å²) in [5.41, 5.74) is 5.99. The lowest BCUT2D eigenvalue weighted by atomic mass is 9.90. The number of nitrogens with zero attached hydrogens (tertiary/aromatic N) is 1. The molecule has 1 aliphatic heterocycles. The highest BCUT2D eigenvalue weighted by Crippen LogP contribution is 2.22. The van der Waals surface area contributed by atoms with Gasteiger partial charge in [-0.1, -0.05) is 13.8 Å². The molecule has 0 aromatic heterocycles. The average Bonchev–Trinajstić information content (AvgIpc) is 2.20. The largest absolute Gasteiger partial charge is 0.328 e. The maximum atomic E-state index is 5.99. The minimum absolute atomic E-state index is 0.368. The van der Waals surface area contributed by atoms with Gasteiger partial charge in [-0.2, -0.15) is 0 Å². The highest BCUT2D eigenvalue weighted by molar-refractivity contribution is 4.81. The molecule has 0 aliphatic carbocycles. The second kappa shape index (κ2) is 5.72. The molecular formula is C12H26N2. The second-order valence-electron chi connectivity index (χ2n) is 4.73. The van der Waals surface area contributed by atoms with Crippen LogP contribution in [-0.2, 0) is 0 Å². The van der Waals surface area contributed by atoms with E-state index in [1.54, 1.807) is 0 Å². The summed E-state index contributed by atoms with van der Waals surface area (Å²) in [6.07, 6.45) is 5.22. The topological polar surface area (TPSA) is 29.3 Å². The molecule has 2 nitrogen and oxygen atoms in total. The summed E-state index contributed by atoms with van der Waals surface area (Å²) in [5, 5.41) is 0. The fraction of sp³-hybridized carbons (Fsp3) is 1.00. The quantitative estimate of drug-likeness (QED) is 0.750. The first kappa shape index (κ1) is 12.0. The summed E-state index contributed by atoms with van der Waals surface area (Å²) < 4.78 is 0. The van der Waals surface area contributed by atoms with Gasteiger partial charge in [0.2, 0.25) is 0 Å². The Morgan fingerprint density at radius 2 is 2.00 bits per heavy atom. The van der Waals surface area contributed by atoms with E-state index in [2.05, 4.69) is 25.7 Å². The van der Waals surface area contributed by atoms with E-state index >= 15 is 0 Å². The SMILES string of the molecule is CCC(CC)N1CCCC(C(C)N)C1. The molecule has 2 heteroatoms. The predicted octanol–water partition coefficient (Wildman–Crippen LogP) is 2.23. The zero-order chi connectivity index (χ0) is 10.6. The Kier molecular flexibility index (Phi) is 4.90. The number of rotatable bonds is 4. The number of hydrogen-bond donors (Lipinski definition) is 1. The van der Waals surface area contributed by atoms with E-state index in [-0.39, 0.29) is 0 Å². The van der Waals surface area contributed by atoms with E-state index in [0.717, 1.165) is 12.0 Å². The summed E-state index contributed by atoms with van der Waals surface area (Å²) in [7, 11) is 0. The molecule has 1 rings (SSSR count). The van der Waals surface area contributed by atoms with Crippen LogP contribution in [0.5, 0.6) is 0 Å². The summed E-state index contributed by atoms with van der Waals surface area (Å²) in [5.74, 6) is 0.726. The van der Waals surface area contributed by atoms with Crippen molar-refractivity contribution in [1.29, 1.82) is 0 Å². The van der Waals surface area contributed by atoms with Crippen molar-refractivity contribution in [1.82, 2.24) is 4.90 Å². The van der Waals surface area contributed by atoms with Gasteiger partial charge in [-0.3, -0.25) is 0 Å². The molecule has 0 amide bonds. The first-order valence-electron chi connectivity index (χ1n) is 6.18. The Labute approximate surface area is 88.8 Å². The minimum atomic E-state index is 0.368. The first-order valence-corrected chi connectivity index (χ1v) is 6.18.